The van der Waals surface area contributed by atoms with Crippen LogP contribution in [-0.4, -0.2) is 36.5 Å². The van der Waals surface area contributed by atoms with Crippen molar-refractivity contribution in [3.8, 4) is 0 Å². The predicted octanol–water partition coefficient (Wildman–Crippen LogP) is 4.24. The van der Waals surface area contributed by atoms with Gasteiger partial charge in [-0.1, -0.05) is 35.4 Å². The molecule has 2 aromatic carbocycles. The van der Waals surface area contributed by atoms with E-state index in [1.165, 1.54) is 16.0 Å². The van der Waals surface area contributed by atoms with E-state index in [-0.39, 0.29) is 24.9 Å². The van der Waals surface area contributed by atoms with E-state index in [1.54, 1.807) is 23.5 Å². The second-order valence-electron chi connectivity index (χ2n) is 6.08. The van der Waals surface area contributed by atoms with Gasteiger partial charge in [0.2, 0.25) is 0 Å². The summed E-state index contributed by atoms with van der Waals surface area (Å²) in [4.78, 5) is 25.7. The Morgan fingerprint density at radius 3 is 1.93 bits per heavy atom. The lowest BCUT2D eigenvalue weighted by atomic mass is 10.2. The number of carbonyl (C=O) groups is 2. The van der Waals surface area contributed by atoms with Gasteiger partial charge in [0.25, 0.3) is 5.91 Å². The van der Waals surface area contributed by atoms with Crippen LogP contribution in [0.3, 0.4) is 0 Å². The molecule has 0 atom stereocenters. The largest absolute Gasteiger partial charge is 0.456 e. The highest BCUT2D eigenvalue weighted by Crippen LogP contribution is 2.19. The normalized spacial score (nSPS) is 10.4. The van der Waals surface area contributed by atoms with E-state index in [9.17, 15) is 9.59 Å². The fraction of sp³-hybridized carbons (Fsp3) is 0.333. The number of carbonyl (C=O) groups excluding carboxylic acids is 2. The fourth-order valence-corrected chi connectivity index (χ4v) is 3.75. The van der Waals surface area contributed by atoms with Gasteiger partial charge in [-0.25, -0.2) is 0 Å². The van der Waals surface area contributed by atoms with Crippen LogP contribution in [0.2, 0.25) is 0 Å². The molecule has 0 saturated carbocycles. The third kappa shape index (κ3) is 9.02. The Labute approximate surface area is 169 Å². The fourth-order valence-electron chi connectivity index (χ4n) is 2.15. The van der Waals surface area contributed by atoms with Crippen molar-refractivity contribution < 1.29 is 14.3 Å². The molecule has 0 unspecified atom stereocenters. The number of hydrogen-bond acceptors (Lipinski definition) is 5. The standard InChI is InChI=1S/C21H25NO3S2/c1-16-3-7-18(8-4-16)26-13-11-21(24)25-15-20(23)22-12-14-27-19-9-5-17(2)6-10-19/h3-10H,11-15H2,1-2H3,(H,22,23). The average Bonchev–Trinajstić information content (AvgIpc) is 2.66. The van der Waals surface area contributed by atoms with Gasteiger partial charge in [0.05, 0.1) is 6.42 Å². The minimum atomic E-state index is -0.348. The zero-order chi connectivity index (χ0) is 19.5. The third-order valence-electron chi connectivity index (χ3n) is 3.67. The van der Waals surface area contributed by atoms with Crippen LogP contribution in [0.25, 0.3) is 0 Å². The van der Waals surface area contributed by atoms with Crippen LogP contribution in [0.4, 0.5) is 0 Å². The van der Waals surface area contributed by atoms with Gasteiger partial charge in [0, 0.05) is 27.8 Å². The van der Waals surface area contributed by atoms with Crippen molar-refractivity contribution in [2.75, 3.05) is 24.7 Å². The minimum absolute atomic E-state index is 0.219. The van der Waals surface area contributed by atoms with Crippen LogP contribution in [0.1, 0.15) is 17.5 Å². The van der Waals surface area contributed by atoms with Crippen LogP contribution in [0, 0.1) is 13.8 Å². The van der Waals surface area contributed by atoms with Crippen LogP contribution in [-0.2, 0) is 14.3 Å². The molecule has 1 N–H and O–H groups in total. The molecular formula is C21H25NO3S2. The molecule has 0 spiro atoms. The summed E-state index contributed by atoms with van der Waals surface area (Å²) in [6, 6.07) is 16.4. The molecule has 0 bridgehead atoms. The molecule has 0 aliphatic carbocycles. The predicted molar refractivity (Wildman–Crippen MR) is 112 cm³/mol. The van der Waals surface area contributed by atoms with E-state index < -0.39 is 0 Å². The first-order chi connectivity index (χ1) is 13.0. The maximum Gasteiger partial charge on any atom is 0.307 e. The van der Waals surface area contributed by atoms with Gasteiger partial charge in [0.15, 0.2) is 6.61 Å². The number of benzene rings is 2. The van der Waals surface area contributed by atoms with E-state index in [4.69, 9.17) is 4.74 Å². The highest BCUT2D eigenvalue weighted by atomic mass is 32.2. The second kappa shape index (κ2) is 11.7. The molecule has 144 valence electrons. The molecule has 1 amide bonds. The van der Waals surface area contributed by atoms with Crippen LogP contribution < -0.4 is 5.32 Å². The lowest BCUT2D eigenvalue weighted by Gasteiger charge is -2.07. The zero-order valence-corrected chi connectivity index (χ0v) is 17.3. The zero-order valence-electron chi connectivity index (χ0n) is 15.7. The van der Waals surface area contributed by atoms with Crippen LogP contribution in [0.15, 0.2) is 58.3 Å². The number of rotatable bonds is 10. The van der Waals surface area contributed by atoms with Gasteiger partial charge < -0.3 is 10.1 Å². The Bertz CT molecular complexity index is 730. The van der Waals surface area contributed by atoms with Gasteiger partial charge in [-0.2, -0.15) is 0 Å². The number of aryl methyl sites for hydroxylation is 2. The third-order valence-corrected chi connectivity index (χ3v) is 5.70. The average molecular weight is 404 g/mol. The molecule has 0 fully saturated rings. The summed E-state index contributed by atoms with van der Waals surface area (Å²) in [6.45, 7) is 4.41. The first-order valence-corrected chi connectivity index (χ1v) is 10.8. The number of nitrogens with one attached hydrogen (secondary N) is 1. The molecule has 0 saturated heterocycles. The highest BCUT2D eigenvalue weighted by Gasteiger charge is 2.07. The maximum atomic E-state index is 11.7. The summed E-state index contributed by atoms with van der Waals surface area (Å²) in [5.74, 6) is 0.796. The van der Waals surface area contributed by atoms with Crippen molar-refractivity contribution in [3.05, 3.63) is 59.7 Å². The van der Waals surface area contributed by atoms with Crippen molar-refractivity contribution >= 4 is 35.4 Å². The summed E-state index contributed by atoms with van der Waals surface area (Å²) in [7, 11) is 0. The Kier molecular flexibility index (Phi) is 9.28. The van der Waals surface area contributed by atoms with Gasteiger partial charge in [-0.05, 0) is 38.1 Å². The van der Waals surface area contributed by atoms with Crippen molar-refractivity contribution in [1.82, 2.24) is 5.32 Å². The number of ether oxygens (including phenoxy) is 1. The molecular weight excluding hydrogens is 378 g/mol. The highest BCUT2D eigenvalue weighted by molar-refractivity contribution is 7.99. The lowest BCUT2D eigenvalue weighted by Crippen LogP contribution is -2.30. The molecule has 0 radical (unpaired) electrons. The Hall–Kier alpha value is -1.92. The topological polar surface area (TPSA) is 55.4 Å². The quantitative estimate of drug-likeness (QED) is 0.365. The number of thioether (sulfide) groups is 2. The minimum Gasteiger partial charge on any atom is -0.456 e. The smallest absolute Gasteiger partial charge is 0.307 e. The van der Waals surface area contributed by atoms with Crippen molar-refractivity contribution in [2.45, 2.75) is 30.1 Å². The molecule has 27 heavy (non-hydrogen) atoms. The number of esters is 1. The summed E-state index contributed by atoms with van der Waals surface area (Å²) in [5, 5.41) is 2.76. The maximum absolute atomic E-state index is 11.7. The number of amides is 1. The lowest BCUT2D eigenvalue weighted by molar-refractivity contribution is -0.148. The van der Waals surface area contributed by atoms with Gasteiger partial charge >= 0.3 is 5.97 Å². The molecule has 4 nitrogen and oxygen atoms in total. The molecule has 2 aromatic rings. The van der Waals surface area contributed by atoms with E-state index >= 15 is 0 Å². The molecule has 6 heteroatoms. The summed E-state index contributed by atoms with van der Waals surface area (Å²) < 4.78 is 5.02. The van der Waals surface area contributed by atoms with Gasteiger partial charge in [-0.15, -0.1) is 23.5 Å². The van der Waals surface area contributed by atoms with Crippen molar-refractivity contribution in [1.29, 1.82) is 0 Å². The van der Waals surface area contributed by atoms with E-state index in [2.05, 4.69) is 36.5 Å². The number of hydrogen-bond donors (Lipinski definition) is 1. The van der Waals surface area contributed by atoms with E-state index in [0.29, 0.717) is 12.3 Å². The summed E-state index contributed by atoms with van der Waals surface area (Å²) in [5.41, 5.74) is 2.44. The molecule has 0 aliphatic rings. The van der Waals surface area contributed by atoms with Crippen LogP contribution in [0.5, 0.6) is 0 Å². The van der Waals surface area contributed by atoms with E-state index in [0.717, 1.165) is 10.6 Å². The first-order valence-electron chi connectivity index (χ1n) is 8.84. The molecule has 0 aromatic heterocycles. The Balaban J connectivity index is 1.52. The van der Waals surface area contributed by atoms with Crippen LogP contribution >= 0.6 is 23.5 Å². The second-order valence-corrected chi connectivity index (χ2v) is 8.42. The molecule has 0 aliphatic heterocycles. The van der Waals surface area contributed by atoms with E-state index in [1.807, 2.05) is 31.2 Å². The SMILES string of the molecule is Cc1ccc(SCCNC(=O)COC(=O)CCSc2ccc(C)cc2)cc1. The van der Waals surface area contributed by atoms with Gasteiger partial charge in [-0.3, -0.25) is 9.59 Å². The van der Waals surface area contributed by atoms with Gasteiger partial charge in [0.1, 0.15) is 0 Å². The Morgan fingerprint density at radius 2 is 1.37 bits per heavy atom. The molecule has 0 heterocycles. The monoisotopic (exact) mass is 403 g/mol. The summed E-state index contributed by atoms with van der Waals surface area (Å²) in [6.07, 6.45) is 0.287. The first kappa shape index (κ1) is 21.4. The van der Waals surface area contributed by atoms with Crippen molar-refractivity contribution in [3.63, 3.8) is 0 Å². The summed E-state index contributed by atoms with van der Waals surface area (Å²) >= 11 is 3.28. The van der Waals surface area contributed by atoms with Crippen molar-refractivity contribution in [2.24, 2.45) is 0 Å². The molecule has 2 rings (SSSR count). The Morgan fingerprint density at radius 1 is 0.852 bits per heavy atom.